The van der Waals surface area contributed by atoms with Crippen LogP contribution in [0, 0.1) is 0 Å². The second-order valence-electron chi connectivity index (χ2n) is 12.7. The summed E-state index contributed by atoms with van der Waals surface area (Å²) in [4.78, 5) is 27.0. The van der Waals surface area contributed by atoms with E-state index in [9.17, 15) is 14.7 Å². The Hall–Kier alpha value is -4.54. The van der Waals surface area contributed by atoms with Gasteiger partial charge >= 0.3 is 0 Å². The predicted molar refractivity (Wildman–Crippen MR) is 192 cm³/mol. The fraction of sp³-hybridized carbons (Fsp3) is 0.350. The minimum atomic E-state index is -0.540. The number of benzene rings is 4. The predicted octanol–water partition coefficient (Wildman–Crippen LogP) is 6.64. The Morgan fingerprint density at radius 2 is 1.43 bits per heavy atom. The second kappa shape index (κ2) is 18.3. The molecule has 0 saturated carbocycles. The van der Waals surface area contributed by atoms with Crippen LogP contribution >= 0.6 is 0 Å². The van der Waals surface area contributed by atoms with Gasteiger partial charge in [-0.25, -0.2) is 0 Å². The lowest BCUT2D eigenvalue weighted by molar-refractivity contribution is -0.252. The van der Waals surface area contributed by atoms with Crippen molar-refractivity contribution in [1.29, 1.82) is 0 Å². The Labute approximate surface area is 289 Å². The van der Waals surface area contributed by atoms with Crippen LogP contribution in [0.2, 0.25) is 0 Å². The minimum absolute atomic E-state index is 0.00343. The van der Waals surface area contributed by atoms with Crippen molar-refractivity contribution in [3.8, 4) is 0 Å². The summed E-state index contributed by atoms with van der Waals surface area (Å²) in [6.45, 7) is 2.01. The number of likely N-dealkylation sites (N-methyl/N-ethyl adjacent to an activating group) is 1. The molecular weight excluding hydrogens is 616 g/mol. The van der Waals surface area contributed by atoms with Crippen LogP contribution in [0.5, 0.6) is 0 Å². The van der Waals surface area contributed by atoms with Gasteiger partial charge in [0.2, 0.25) is 11.8 Å². The van der Waals surface area contributed by atoms with Gasteiger partial charge in [0, 0.05) is 44.5 Å². The Balaban J connectivity index is 1.09. The number of ether oxygens (including phenoxy) is 2. The topological polar surface area (TPSA) is 126 Å². The number of hydrogen-bond donors (Lipinski definition) is 4. The van der Waals surface area contributed by atoms with Crippen LogP contribution in [0.15, 0.2) is 103 Å². The SMILES string of the molecule is CN(Cc1ccccc1)C[C@@H]1C[C@H](c2ccc(CO)cc2)O[C@H](c2ccc(CNC(=O)CCCCCC(=O)Nc3ccccc3N)cc2)O1. The highest BCUT2D eigenvalue weighted by atomic mass is 16.7. The number of aliphatic hydroxyl groups is 1. The number of amides is 2. The molecule has 9 heteroatoms. The van der Waals surface area contributed by atoms with Crippen molar-refractivity contribution in [2.75, 3.05) is 24.6 Å². The Morgan fingerprint density at radius 1 is 0.776 bits per heavy atom. The quantitative estimate of drug-likeness (QED) is 0.0781. The summed E-state index contributed by atoms with van der Waals surface area (Å²) in [6, 6.07) is 33.5. The number of hydrogen-bond acceptors (Lipinski definition) is 7. The first-order valence-electron chi connectivity index (χ1n) is 17.1. The average molecular weight is 665 g/mol. The number of aliphatic hydroxyl groups excluding tert-OH is 1. The molecule has 4 aromatic rings. The monoisotopic (exact) mass is 664 g/mol. The summed E-state index contributed by atoms with van der Waals surface area (Å²) < 4.78 is 13.0. The first-order chi connectivity index (χ1) is 23.9. The number of anilines is 2. The number of carbonyl (C=O) groups is 2. The first kappa shape index (κ1) is 35.8. The lowest BCUT2D eigenvalue weighted by atomic mass is 9.99. The summed E-state index contributed by atoms with van der Waals surface area (Å²) in [5.74, 6) is -0.0879. The van der Waals surface area contributed by atoms with Crippen LogP contribution < -0.4 is 16.4 Å². The maximum absolute atomic E-state index is 12.5. The van der Waals surface area contributed by atoms with E-state index in [1.807, 2.05) is 66.7 Å². The molecule has 258 valence electrons. The van der Waals surface area contributed by atoms with Gasteiger partial charge in [-0.15, -0.1) is 0 Å². The van der Waals surface area contributed by atoms with Gasteiger partial charge in [0.05, 0.1) is 30.2 Å². The largest absolute Gasteiger partial charge is 0.397 e. The van der Waals surface area contributed by atoms with Gasteiger partial charge in [-0.2, -0.15) is 0 Å². The first-order valence-corrected chi connectivity index (χ1v) is 17.1. The zero-order chi connectivity index (χ0) is 34.4. The molecule has 3 atom stereocenters. The van der Waals surface area contributed by atoms with Crippen molar-refractivity contribution < 1.29 is 24.2 Å². The zero-order valence-corrected chi connectivity index (χ0v) is 28.2. The molecule has 1 fully saturated rings. The second-order valence-corrected chi connectivity index (χ2v) is 12.7. The molecular formula is C40H48N4O5. The molecule has 0 spiro atoms. The van der Waals surface area contributed by atoms with Gasteiger partial charge < -0.3 is 30.9 Å². The Kier molecular flexibility index (Phi) is 13.3. The summed E-state index contributed by atoms with van der Waals surface area (Å²) >= 11 is 0. The van der Waals surface area contributed by atoms with Crippen LogP contribution in [0.1, 0.15) is 78.7 Å². The van der Waals surface area contributed by atoms with E-state index in [2.05, 4.69) is 46.8 Å². The van der Waals surface area contributed by atoms with E-state index in [4.69, 9.17) is 15.2 Å². The Morgan fingerprint density at radius 3 is 2.14 bits per heavy atom. The molecule has 9 nitrogen and oxygen atoms in total. The Bertz CT molecular complexity index is 1610. The van der Waals surface area contributed by atoms with Crippen molar-refractivity contribution in [2.24, 2.45) is 0 Å². The maximum atomic E-state index is 12.5. The van der Waals surface area contributed by atoms with Crippen molar-refractivity contribution >= 4 is 23.2 Å². The van der Waals surface area contributed by atoms with Crippen molar-refractivity contribution in [3.63, 3.8) is 0 Å². The molecule has 49 heavy (non-hydrogen) atoms. The molecule has 0 unspecified atom stereocenters. The van der Waals surface area contributed by atoms with E-state index in [-0.39, 0.29) is 30.6 Å². The van der Waals surface area contributed by atoms with Gasteiger partial charge in [-0.05, 0) is 54.3 Å². The molecule has 4 aromatic carbocycles. The number of unbranched alkanes of at least 4 members (excludes halogenated alkanes) is 2. The number of nitrogens with two attached hydrogens (primary N) is 1. The third-order valence-electron chi connectivity index (χ3n) is 8.71. The summed E-state index contributed by atoms with van der Waals surface area (Å²) in [7, 11) is 2.11. The molecule has 1 aliphatic rings. The number of carbonyl (C=O) groups excluding carboxylic acids is 2. The van der Waals surface area contributed by atoms with Crippen LogP contribution in [-0.4, -0.2) is 41.5 Å². The van der Waals surface area contributed by atoms with Crippen LogP contribution in [-0.2, 0) is 38.8 Å². The van der Waals surface area contributed by atoms with Gasteiger partial charge in [0.25, 0.3) is 0 Å². The zero-order valence-electron chi connectivity index (χ0n) is 28.2. The lowest BCUT2D eigenvalue weighted by Crippen LogP contribution is -2.37. The normalized spacial score (nSPS) is 17.5. The number of nitrogen functional groups attached to an aromatic ring is 1. The van der Waals surface area contributed by atoms with Crippen molar-refractivity contribution in [1.82, 2.24) is 10.2 Å². The van der Waals surface area contributed by atoms with Gasteiger partial charge in [-0.1, -0.05) is 97.4 Å². The van der Waals surface area contributed by atoms with E-state index >= 15 is 0 Å². The maximum Gasteiger partial charge on any atom is 0.224 e. The third kappa shape index (κ3) is 11.3. The molecule has 0 bridgehead atoms. The van der Waals surface area contributed by atoms with Crippen LogP contribution in [0.4, 0.5) is 11.4 Å². The standard InChI is InChI=1S/C40H48N4O5/c1-44(26-30-10-4-2-5-11-30)27-34-24-37(32-20-18-31(28-45)19-21-32)49-40(48-34)33-22-16-29(17-23-33)25-42-38(46)14-6-3-7-15-39(47)43-36-13-9-8-12-35(36)41/h2,4-5,8-13,16-23,34,37,40,45H,3,6-7,14-15,24-28,41H2,1H3,(H,42,46)(H,43,47)/t34-,37+,40+/m0/s1. The minimum Gasteiger partial charge on any atom is -0.397 e. The van der Waals surface area contributed by atoms with E-state index in [1.54, 1.807) is 12.1 Å². The molecule has 1 heterocycles. The molecule has 5 rings (SSSR count). The van der Waals surface area contributed by atoms with Gasteiger partial charge in [0.1, 0.15) is 0 Å². The summed E-state index contributed by atoms with van der Waals surface area (Å²) in [5.41, 5.74) is 12.1. The number of nitrogens with zero attached hydrogens (tertiary/aromatic N) is 1. The van der Waals surface area contributed by atoms with E-state index in [1.165, 1.54) is 5.56 Å². The smallest absolute Gasteiger partial charge is 0.224 e. The van der Waals surface area contributed by atoms with Gasteiger partial charge in [-0.3, -0.25) is 14.5 Å². The molecule has 1 aliphatic heterocycles. The highest BCUT2D eigenvalue weighted by Gasteiger charge is 2.32. The fourth-order valence-electron chi connectivity index (χ4n) is 5.99. The van der Waals surface area contributed by atoms with Crippen LogP contribution in [0.25, 0.3) is 0 Å². The highest BCUT2D eigenvalue weighted by molar-refractivity contribution is 5.93. The lowest BCUT2D eigenvalue weighted by Gasteiger charge is -2.38. The van der Waals surface area contributed by atoms with E-state index in [0.29, 0.717) is 50.0 Å². The molecule has 0 aliphatic carbocycles. The summed E-state index contributed by atoms with van der Waals surface area (Å²) in [5, 5.41) is 15.3. The number of nitrogens with one attached hydrogen (secondary N) is 2. The van der Waals surface area contributed by atoms with Gasteiger partial charge in [0.15, 0.2) is 6.29 Å². The summed E-state index contributed by atoms with van der Waals surface area (Å²) in [6.07, 6.45) is 2.98. The molecule has 2 amide bonds. The molecule has 5 N–H and O–H groups in total. The number of rotatable bonds is 16. The van der Waals surface area contributed by atoms with E-state index < -0.39 is 6.29 Å². The highest BCUT2D eigenvalue weighted by Crippen LogP contribution is 2.38. The third-order valence-corrected chi connectivity index (χ3v) is 8.71. The molecule has 0 aromatic heterocycles. The van der Waals surface area contributed by atoms with E-state index in [0.717, 1.165) is 41.8 Å². The van der Waals surface area contributed by atoms with Crippen molar-refractivity contribution in [3.05, 3.63) is 131 Å². The molecule has 0 radical (unpaired) electrons. The molecule has 1 saturated heterocycles. The van der Waals surface area contributed by atoms with Crippen molar-refractivity contribution in [2.45, 2.75) is 76.7 Å². The average Bonchev–Trinajstić information content (AvgIpc) is 3.12. The van der Waals surface area contributed by atoms with Crippen LogP contribution in [0.3, 0.4) is 0 Å². The fourth-order valence-corrected chi connectivity index (χ4v) is 5.99. The number of para-hydroxylation sites is 2.